The van der Waals surface area contributed by atoms with Crippen LogP contribution >= 0.6 is 27.3 Å². The van der Waals surface area contributed by atoms with Gasteiger partial charge in [-0.3, -0.25) is 0 Å². The molecule has 20 heavy (non-hydrogen) atoms. The predicted octanol–water partition coefficient (Wildman–Crippen LogP) is 3.90. The molecule has 3 unspecified atom stereocenters. The van der Waals surface area contributed by atoms with Crippen LogP contribution in [0, 0.1) is 5.92 Å². The van der Waals surface area contributed by atoms with Gasteiger partial charge >= 0.3 is 0 Å². The Hall–Kier alpha value is 0.1000. The lowest BCUT2D eigenvalue weighted by atomic mass is 9.83. The number of nitrogens with one attached hydrogen (secondary N) is 1. The zero-order valence-corrected chi connectivity index (χ0v) is 14.8. The maximum absolute atomic E-state index is 3.77. The number of hydrogen-bond acceptors (Lipinski definition) is 3. The monoisotopic (exact) mass is 356 g/mol. The zero-order chi connectivity index (χ0) is 14.1. The Morgan fingerprint density at radius 2 is 2.10 bits per heavy atom. The van der Waals surface area contributed by atoms with Crippen LogP contribution in [-0.2, 0) is 6.42 Å². The van der Waals surface area contributed by atoms with Crippen molar-refractivity contribution in [1.82, 2.24) is 10.2 Å². The summed E-state index contributed by atoms with van der Waals surface area (Å²) in [5, 5.41) is 5.96. The molecule has 4 heteroatoms. The Bertz CT molecular complexity index is 433. The van der Waals surface area contributed by atoms with Crippen LogP contribution in [0.5, 0.6) is 0 Å². The summed E-state index contributed by atoms with van der Waals surface area (Å²) < 4.78 is 1.29. The van der Waals surface area contributed by atoms with Crippen LogP contribution in [0.4, 0.5) is 0 Å². The van der Waals surface area contributed by atoms with Crippen LogP contribution < -0.4 is 5.32 Å². The molecule has 2 aliphatic heterocycles. The smallest absolute Gasteiger partial charge is 0.0314 e. The lowest BCUT2D eigenvalue weighted by molar-refractivity contribution is 0.113. The van der Waals surface area contributed by atoms with Crippen LogP contribution in [0.1, 0.15) is 37.5 Å². The first-order chi connectivity index (χ1) is 9.69. The number of rotatable bonds is 5. The summed E-state index contributed by atoms with van der Waals surface area (Å²) >= 11 is 5.58. The summed E-state index contributed by atoms with van der Waals surface area (Å²) in [7, 11) is 2.33. The standard InChI is InChI=1S/C16H25BrN2S/c1-3-18-15(10-16-14(17)6-7-20-16)11-8-12-4-5-13(9-11)19(12)2/h6-7,11-13,15,18H,3-5,8-10H2,1-2H3. The minimum atomic E-state index is 0.645. The van der Waals surface area contributed by atoms with E-state index in [0.29, 0.717) is 6.04 Å². The van der Waals surface area contributed by atoms with Crippen molar-refractivity contribution in [2.75, 3.05) is 13.6 Å². The van der Waals surface area contributed by atoms with Gasteiger partial charge in [-0.05, 0) is 79.0 Å². The lowest BCUT2D eigenvalue weighted by Crippen LogP contribution is -2.47. The Morgan fingerprint density at radius 1 is 1.40 bits per heavy atom. The third-order valence-corrected chi connectivity index (χ3v) is 7.22. The van der Waals surface area contributed by atoms with Crippen molar-refractivity contribution in [2.45, 2.75) is 57.2 Å². The minimum absolute atomic E-state index is 0.645. The Labute approximate surface area is 135 Å². The summed E-state index contributed by atoms with van der Waals surface area (Å²) in [6.07, 6.45) is 6.78. The highest BCUT2D eigenvalue weighted by atomic mass is 79.9. The molecule has 2 saturated heterocycles. The number of piperidine rings is 1. The van der Waals surface area contributed by atoms with Crippen molar-refractivity contribution in [3.63, 3.8) is 0 Å². The topological polar surface area (TPSA) is 15.3 Å². The molecular weight excluding hydrogens is 332 g/mol. The third-order valence-electron chi connectivity index (χ3n) is 5.27. The number of fused-ring (bicyclic) bond motifs is 2. The van der Waals surface area contributed by atoms with E-state index in [1.54, 1.807) is 0 Å². The van der Waals surface area contributed by atoms with Gasteiger partial charge < -0.3 is 10.2 Å². The molecule has 0 aliphatic carbocycles. The van der Waals surface area contributed by atoms with Crippen molar-refractivity contribution >= 4 is 27.3 Å². The molecule has 3 heterocycles. The summed E-state index contributed by atoms with van der Waals surface area (Å²) in [5.41, 5.74) is 0. The molecule has 0 radical (unpaired) electrons. The largest absolute Gasteiger partial charge is 0.314 e. The number of hydrogen-bond donors (Lipinski definition) is 1. The fraction of sp³-hybridized carbons (Fsp3) is 0.750. The summed E-state index contributed by atoms with van der Waals surface area (Å²) in [4.78, 5) is 4.14. The Kier molecular flexibility index (Phi) is 4.86. The van der Waals surface area contributed by atoms with Crippen LogP contribution in [-0.4, -0.2) is 36.6 Å². The second-order valence-corrected chi connectivity index (χ2v) is 8.20. The summed E-state index contributed by atoms with van der Waals surface area (Å²) in [6.45, 7) is 3.31. The van der Waals surface area contributed by atoms with E-state index in [4.69, 9.17) is 0 Å². The van der Waals surface area contributed by atoms with Crippen LogP contribution in [0.15, 0.2) is 15.9 Å². The number of nitrogens with zero attached hydrogens (tertiary/aromatic N) is 1. The van der Waals surface area contributed by atoms with Gasteiger partial charge in [0, 0.05) is 27.5 Å². The fourth-order valence-electron chi connectivity index (χ4n) is 4.12. The molecule has 2 bridgehead atoms. The first-order valence-corrected chi connectivity index (χ1v) is 9.53. The Balaban J connectivity index is 1.69. The molecule has 1 aromatic rings. The normalized spacial score (nSPS) is 31.6. The summed E-state index contributed by atoms with van der Waals surface area (Å²) in [5.74, 6) is 0.845. The number of likely N-dealkylation sites (N-methyl/N-ethyl adjacent to an activating group) is 1. The average molecular weight is 357 g/mol. The molecule has 2 aliphatic rings. The molecule has 1 N–H and O–H groups in total. The Morgan fingerprint density at radius 3 is 2.65 bits per heavy atom. The van der Waals surface area contributed by atoms with E-state index in [1.165, 1.54) is 41.5 Å². The quantitative estimate of drug-likeness (QED) is 0.860. The van der Waals surface area contributed by atoms with E-state index in [-0.39, 0.29) is 0 Å². The van der Waals surface area contributed by atoms with Gasteiger partial charge in [0.1, 0.15) is 0 Å². The number of halogens is 1. The molecule has 0 amide bonds. The van der Waals surface area contributed by atoms with Crippen molar-refractivity contribution in [2.24, 2.45) is 5.92 Å². The maximum atomic E-state index is 3.77. The van der Waals surface area contributed by atoms with Crippen molar-refractivity contribution in [3.05, 3.63) is 20.8 Å². The lowest BCUT2D eigenvalue weighted by Gasteiger charge is -2.40. The molecule has 3 atom stereocenters. The molecule has 112 valence electrons. The molecule has 2 fully saturated rings. The van der Waals surface area contributed by atoms with Crippen molar-refractivity contribution in [3.8, 4) is 0 Å². The van der Waals surface area contributed by atoms with E-state index in [9.17, 15) is 0 Å². The van der Waals surface area contributed by atoms with Crippen LogP contribution in [0.3, 0.4) is 0 Å². The van der Waals surface area contributed by atoms with Crippen LogP contribution in [0.25, 0.3) is 0 Å². The second-order valence-electron chi connectivity index (χ2n) is 6.34. The molecule has 0 aromatic carbocycles. The van der Waals surface area contributed by atoms with Gasteiger partial charge in [0.15, 0.2) is 0 Å². The van der Waals surface area contributed by atoms with E-state index >= 15 is 0 Å². The molecule has 3 rings (SSSR count). The third kappa shape index (κ3) is 2.99. The van der Waals surface area contributed by atoms with Gasteiger partial charge in [0.25, 0.3) is 0 Å². The first kappa shape index (κ1) is 15.0. The highest BCUT2D eigenvalue weighted by Crippen LogP contribution is 2.39. The SMILES string of the molecule is CCNC(Cc1sccc1Br)C1CC2CCC(C1)N2C. The molecule has 0 spiro atoms. The van der Waals surface area contributed by atoms with E-state index < -0.39 is 0 Å². The molecule has 0 saturated carbocycles. The second kappa shape index (κ2) is 6.47. The van der Waals surface area contributed by atoms with Gasteiger partial charge in [-0.2, -0.15) is 0 Å². The highest BCUT2D eigenvalue weighted by Gasteiger charge is 2.40. The summed E-state index contributed by atoms with van der Waals surface area (Å²) in [6, 6.07) is 4.51. The average Bonchev–Trinajstić information content (AvgIpc) is 2.89. The zero-order valence-electron chi connectivity index (χ0n) is 12.4. The minimum Gasteiger partial charge on any atom is -0.314 e. The predicted molar refractivity (Wildman–Crippen MR) is 90.5 cm³/mol. The van der Waals surface area contributed by atoms with Gasteiger partial charge in [-0.15, -0.1) is 11.3 Å². The maximum Gasteiger partial charge on any atom is 0.0314 e. The van der Waals surface area contributed by atoms with Gasteiger partial charge in [-0.25, -0.2) is 0 Å². The molecular formula is C16H25BrN2S. The van der Waals surface area contributed by atoms with Gasteiger partial charge in [-0.1, -0.05) is 6.92 Å². The van der Waals surface area contributed by atoms with Gasteiger partial charge in [0.05, 0.1) is 0 Å². The van der Waals surface area contributed by atoms with Crippen LogP contribution in [0.2, 0.25) is 0 Å². The number of thiophene rings is 1. The molecule has 2 nitrogen and oxygen atoms in total. The van der Waals surface area contributed by atoms with E-state index in [2.05, 4.69) is 51.6 Å². The van der Waals surface area contributed by atoms with E-state index in [1.807, 2.05) is 11.3 Å². The fourth-order valence-corrected chi connectivity index (χ4v) is 5.69. The molecule has 1 aromatic heterocycles. The highest BCUT2D eigenvalue weighted by molar-refractivity contribution is 9.10. The van der Waals surface area contributed by atoms with Crippen molar-refractivity contribution < 1.29 is 0 Å². The van der Waals surface area contributed by atoms with E-state index in [0.717, 1.165) is 24.5 Å². The van der Waals surface area contributed by atoms with Crippen molar-refractivity contribution in [1.29, 1.82) is 0 Å². The van der Waals surface area contributed by atoms with Gasteiger partial charge in [0.2, 0.25) is 0 Å². The first-order valence-electron chi connectivity index (χ1n) is 7.86.